The number of rotatable bonds is 8. The third-order valence-corrected chi connectivity index (χ3v) is 5.42. The van der Waals surface area contributed by atoms with Crippen LogP contribution in [0, 0.1) is 5.82 Å². The van der Waals surface area contributed by atoms with Gasteiger partial charge in [0, 0.05) is 11.3 Å². The molecule has 0 bridgehead atoms. The molecule has 0 aliphatic rings. The Morgan fingerprint density at radius 1 is 1.10 bits per heavy atom. The van der Waals surface area contributed by atoms with E-state index in [-0.39, 0.29) is 12.2 Å². The summed E-state index contributed by atoms with van der Waals surface area (Å²) in [4.78, 5) is 0. The number of halogens is 2. The molecule has 3 aromatic rings. The molecule has 3 aromatic carbocycles. The van der Waals surface area contributed by atoms with Crippen molar-refractivity contribution in [3.8, 4) is 11.5 Å². The van der Waals surface area contributed by atoms with Crippen molar-refractivity contribution in [2.75, 3.05) is 7.11 Å². The van der Waals surface area contributed by atoms with Crippen molar-refractivity contribution in [3.63, 3.8) is 0 Å². The molecule has 8 heteroatoms. The molecule has 0 saturated carbocycles. The zero-order valence-corrected chi connectivity index (χ0v) is 18.4. The predicted octanol–water partition coefficient (Wildman–Crippen LogP) is 5.65. The van der Waals surface area contributed by atoms with E-state index in [1.807, 2.05) is 30.3 Å². The van der Waals surface area contributed by atoms with Gasteiger partial charge in [-0.1, -0.05) is 59.8 Å². The first kappa shape index (κ1) is 22.7. The van der Waals surface area contributed by atoms with Crippen LogP contribution in [0.3, 0.4) is 0 Å². The second kappa shape index (κ2) is 11.4. The highest BCUT2D eigenvalue weighted by molar-refractivity contribution is 8.13. The van der Waals surface area contributed by atoms with Crippen molar-refractivity contribution in [2.24, 2.45) is 15.9 Å². The van der Waals surface area contributed by atoms with Crippen LogP contribution in [0.2, 0.25) is 5.02 Å². The van der Waals surface area contributed by atoms with Crippen LogP contribution in [0.4, 0.5) is 4.39 Å². The first-order chi connectivity index (χ1) is 15.1. The monoisotopic (exact) mass is 457 g/mol. The van der Waals surface area contributed by atoms with Gasteiger partial charge in [-0.2, -0.15) is 5.10 Å². The summed E-state index contributed by atoms with van der Waals surface area (Å²) in [6.45, 7) is -0.0191. The standard InChI is InChI=1S/C23H21ClFN3O2S/c1-29-22-12-17(13-27-28-23(26)31-15-16-6-3-2-4-7-16)10-11-21(22)30-14-18-19(24)8-5-9-20(18)25/h2-13H,14-15H2,1H3,(H2,26,28). The van der Waals surface area contributed by atoms with Gasteiger partial charge >= 0.3 is 0 Å². The second-order valence-electron chi connectivity index (χ2n) is 6.36. The van der Waals surface area contributed by atoms with Crippen LogP contribution in [-0.2, 0) is 12.4 Å². The summed E-state index contributed by atoms with van der Waals surface area (Å²) in [6, 6.07) is 19.7. The number of amidine groups is 1. The molecule has 31 heavy (non-hydrogen) atoms. The van der Waals surface area contributed by atoms with Crippen molar-refractivity contribution in [1.82, 2.24) is 0 Å². The van der Waals surface area contributed by atoms with Crippen LogP contribution >= 0.6 is 23.4 Å². The number of hydrogen-bond acceptors (Lipinski definition) is 5. The Hall–Kier alpha value is -3.03. The van der Waals surface area contributed by atoms with Crippen LogP contribution in [0.15, 0.2) is 76.9 Å². The highest BCUT2D eigenvalue weighted by Gasteiger charge is 2.10. The molecule has 2 N–H and O–H groups in total. The molecule has 3 rings (SSSR count). The molecule has 0 spiro atoms. The minimum absolute atomic E-state index is 0.0191. The van der Waals surface area contributed by atoms with Gasteiger partial charge < -0.3 is 15.2 Å². The van der Waals surface area contributed by atoms with Crippen molar-refractivity contribution in [3.05, 3.63) is 94.3 Å². The lowest BCUT2D eigenvalue weighted by Crippen LogP contribution is -2.06. The molecule has 0 amide bonds. The zero-order chi connectivity index (χ0) is 22.1. The average molecular weight is 458 g/mol. The van der Waals surface area contributed by atoms with Gasteiger partial charge in [-0.25, -0.2) is 4.39 Å². The number of hydrogen-bond donors (Lipinski definition) is 1. The van der Waals surface area contributed by atoms with Crippen molar-refractivity contribution in [2.45, 2.75) is 12.4 Å². The summed E-state index contributed by atoms with van der Waals surface area (Å²) in [5, 5.41) is 8.71. The molecule has 160 valence electrons. The molecule has 0 aliphatic carbocycles. The van der Waals surface area contributed by atoms with E-state index in [9.17, 15) is 4.39 Å². The molecular formula is C23H21ClFN3O2S. The van der Waals surface area contributed by atoms with E-state index in [0.29, 0.717) is 21.7 Å². The number of nitrogens with zero attached hydrogens (tertiary/aromatic N) is 2. The average Bonchev–Trinajstić information content (AvgIpc) is 2.78. The fourth-order valence-electron chi connectivity index (χ4n) is 2.62. The maximum atomic E-state index is 13.9. The molecule has 0 aliphatic heterocycles. The number of methoxy groups -OCH3 is 1. The quantitative estimate of drug-likeness (QED) is 0.269. The normalized spacial score (nSPS) is 11.6. The number of nitrogens with two attached hydrogens (primary N) is 1. The number of benzene rings is 3. The van der Waals surface area contributed by atoms with Gasteiger partial charge in [-0.05, 0) is 41.5 Å². The first-order valence-electron chi connectivity index (χ1n) is 9.33. The molecule has 0 heterocycles. The van der Waals surface area contributed by atoms with Gasteiger partial charge in [0.25, 0.3) is 0 Å². The van der Waals surface area contributed by atoms with E-state index in [4.69, 9.17) is 26.8 Å². The van der Waals surface area contributed by atoms with Crippen molar-refractivity contribution >= 4 is 34.7 Å². The maximum absolute atomic E-state index is 13.9. The Morgan fingerprint density at radius 3 is 2.65 bits per heavy atom. The highest BCUT2D eigenvalue weighted by Crippen LogP contribution is 2.29. The lowest BCUT2D eigenvalue weighted by molar-refractivity contribution is 0.280. The second-order valence-corrected chi connectivity index (χ2v) is 7.76. The molecule has 0 atom stereocenters. The van der Waals surface area contributed by atoms with Crippen molar-refractivity contribution in [1.29, 1.82) is 0 Å². The SMILES string of the molecule is COc1cc(C=NN=C(N)SCc2ccccc2)ccc1OCc1c(F)cccc1Cl. The topological polar surface area (TPSA) is 69.2 Å². The van der Waals surface area contributed by atoms with E-state index in [0.717, 1.165) is 16.9 Å². The summed E-state index contributed by atoms with van der Waals surface area (Å²) in [7, 11) is 1.52. The van der Waals surface area contributed by atoms with Gasteiger partial charge in [-0.3, -0.25) is 0 Å². The molecule has 0 aromatic heterocycles. The van der Waals surface area contributed by atoms with Gasteiger partial charge in [0.05, 0.1) is 18.3 Å². The minimum Gasteiger partial charge on any atom is -0.493 e. The van der Waals surface area contributed by atoms with Gasteiger partial charge in [0.15, 0.2) is 16.7 Å². The predicted molar refractivity (Wildman–Crippen MR) is 126 cm³/mol. The van der Waals surface area contributed by atoms with E-state index >= 15 is 0 Å². The molecule has 0 fully saturated rings. The summed E-state index contributed by atoms with van der Waals surface area (Å²) in [5.41, 5.74) is 8.09. The molecule has 5 nitrogen and oxygen atoms in total. The largest absolute Gasteiger partial charge is 0.493 e. The number of ether oxygens (including phenoxy) is 2. The highest BCUT2D eigenvalue weighted by atomic mass is 35.5. The summed E-state index contributed by atoms with van der Waals surface area (Å²) >= 11 is 7.45. The van der Waals surface area contributed by atoms with E-state index < -0.39 is 5.82 Å². The van der Waals surface area contributed by atoms with E-state index in [1.54, 1.807) is 36.5 Å². The van der Waals surface area contributed by atoms with Gasteiger partial charge in [0.2, 0.25) is 0 Å². The fourth-order valence-corrected chi connectivity index (χ4v) is 3.45. The van der Waals surface area contributed by atoms with Crippen LogP contribution in [-0.4, -0.2) is 18.5 Å². The molecule has 0 unspecified atom stereocenters. The first-order valence-corrected chi connectivity index (χ1v) is 10.7. The summed E-state index contributed by atoms with van der Waals surface area (Å²) in [5.74, 6) is 1.24. The Balaban J connectivity index is 1.61. The summed E-state index contributed by atoms with van der Waals surface area (Å²) in [6.07, 6.45) is 1.57. The van der Waals surface area contributed by atoms with Crippen LogP contribution in [0.5, 0.6) is 11.5 Å². The Morgan fingerprint density at radius 2 is 1.90 bits per heavy atom. The molecule has 0 saturated heterocycles. The van der Waals surface area contributed by atoms with E-state index in [2.05, 4.69) is 10.2 Å². The van der Waals surface area contributed by atoms with E-state index in [1.165, 1.54) is 24.9 Å². The zero-order valence-electron chi connectivity index (χ0n) is 16.8. The molecular weight excluding hydrogens is 437 g/mol. The number of thioether (sulfide) groups is 1. The fraction of sp³-hybridized carbons (Fsp3) is 0.130. The van der Waals surface area contributed by atoms with Crippen molar-refractivity contribution < 1.29 is 13.9 Å². The minimum atomic E-state index is -0.421. The van der Waals surface area contributed by atoms with Crippen LogP contribution in [0.1, 0.15) is 16.7 Å². The van der Waals surface area contributed by atoms with Gasteiger partial charge in [0.1, 0.15) is 12.4 Å². The Kier molecular flexibility index (Phi) is 8.32. The van der Waals surface area contributed by atoms with Gasteiger partial charge in [-0.15, -0.1) is 5.10 Å². The molecule has 0 radical (unpaired) electrons. The van der Waals surface area contributed by atoms with Crippen LogP contribution in [0.25, 0.3) is 0 Å². The maximum Gasteiger partial charge on any atom is 0.180 e. The smallest absolute Gasteiger partial charge is 0.180 e. The third kappa shape index (κ3) is 6.73. The lowest BCUT2D eigenvalue weighted by atomic mass is 10.2. The Labute approximate surface area is 189 Å². The third-order valence-electron chi connectivity index (χ3n) is 4.21. The Bertz CT molecular complexity index is 1060. The lowest BCUT2D eigenvalue weighted by Gasteiger charge is -2.12. The van der Waals surface area contributed by atoms with Crippen LogP contribution < -0.4 is 15.2 Å². The summed E-state index contributed by atoms with van der Waals surface area (Å²) < 4.78 is 25.0.